The molecule has 1 heterocycles. The lowest BCUT2D eigenvalue weighted by Gasteiger charge is -2.06. The highest BCUT2D eigenvalue weighted by Crippen LogP contribution is 2.29. The number of nitroso groups, excluding NO2 is 1. The van der Waals surface area contributed by atoms with E-state index in [2.05, 4.69) is 15.1 Å². The van der Waals surface area contributed by atoms with Crippen molar-refractivity contribution >= 4 is 17.5 Å². The van der Waals surface area contributed by atoms with Gasteiger partial charge < -0.3 is 21.7 Å². The minimum absolute atomic E-state index is 0.181. The average Bonchev–Trinajstić information content (AvgIpc) is 2.34. The Morgan fingerprint density at radius 1 is 1.37 bits per heavy atom. The summed E-state index contributed by atoms with van der Waals surface area (Å²) in [5, 5.41) is 20.5. The number of nitrogens with two attached hydrogens (primary N) is 2. The van der Waals surface area contributed by atoms with Crippen molar-refractivity contribution in [1.29, 1.82) is 0 Å². The first-order valence-corrected chi connectivity index (χ1v) is 5.62. The minimum atomic E-state index is -1.04. The number of rotatable bonds is 7. The zero-order valence-electron chi connectivity index (χ0n) is 10.1. The molecule has 0 aliphatic heterocycles. The maximum Gasteiger partial charge on any atom is 0.320 e. The van der Waals surface area contributed by atoms with E-state index >= 15 is 0 Å². The molecular weight excluding hydrogens is 254 g/mol. The second-order valence-corrected chi connectivity index (χ2v) is 3.98. The maximum atomic E-state index is 10.5. The van der Waals surface area contributed by atoms with Gasteiger partial charge in [-0.3, -0.25) is 4.79 Å². The summed E-state index contributed by atoms with van der Waals surface area (Å²) in [7, 11) is 0. The quantitative estimate of drug-likeness (QED) is 0.404. The summed E-state index contributed by atoms with van der Waals surface area (Å²) >= 11 is 0. The number of anilines is 1. The Bertz CT molecular complexity index is 456. The van der Waals surface area contributed by atoms with Crippen LogP contribution in [0.3, 0.4) is 0 Å². The lowest BCUT2D eigenvalue weighted by molar-refractivity contribution is -0.138. The summed E-state index contributed by atoms with van der Waals surface area (Å²) in [6.45, 7) is 0. The highest BCUT2D eigenvalue weighted by Gasteiger charge is 2.13. The largest absolute Gasteiger partial charge is 0.492 e. The van der Waals surface area contributed by atoms with Gasteiger partial charge in [0, 0.05) is 6.42 Å². The fraction of sp³-hybridized carbons (Fsp3) is 0.500. The van der Waals surface area contributed by atoms with Crippen molar-refractivity contribution in [2.24, 2.45) is 10.9 Å². The number of aliphatic carboxylic acids is 1. The first-order chi connectivity index (χ1) is 8.95. The number of hydrogen-bond donors (Lipinski definition) is 4. The number of nitrogens with zero attached hydrogens (tertiary/aromatic N) is 3. The van der Waals surface area contributed by atoms with Crippen molar-refractivity contribution in [2.75, 3.05) is 5.73 Å². The summed E-state index contributed by atoms with van der Waals surface area (Å²) in [6, 6.07) is -0.888. The topological polar surface area (TPSA) is 165 Å². The van der Waals surface area contributed by atoms with Gasteiger partial charge in [-0.25, -0.2) is 4.98 Å². The summed E-state index contributed by atoms with van der Waals surface area (Å²) in [6.07, 6.45) is 1.90. The fourth-order valence-electron chi connectivity index (χ4n) is 1.48. The summed E-state index contributed by atoms with van der Waals surface area (Å²) in [5.41, 5.74) is 10.4. The summed E-state index contributed by atoms with van der Waals surface area (Å²) in [5.74, 6) is -1.51. The Balaban J connectivity index is 2.51. The molecule has 0 saturated carbocycles. The van der Waals surface area contributed by atoms with Crippen LogP contribution in [0.4, 0.5) is 11.5 Å². The van der Waals surface area contributed by atoms with E-state index in [4.69, 9.17) is 16.6 Å². The van der Waals surface area contributed by atoms with Crippen molar-refractivity contribution in [3.8, 4) is 5.88 Å². The van der Waals surface area contributed by atoms with Crippen molar-refractivity contribution in [3.63, 3.8) is 0 Å². The van der Waals surface area contributed by atoms with Crippen LogP contribution in [0, 0.1) is 4.91 Å². The highest BCUT2D eigenvalue weighted by molar-refractivity contribution is 5.72. The number of aryl methyl sites for hydroxylation is 1. The number of carbonyl (C=O) groups is 1. The van der Waals surface area contributed by atoms with E-state index in [1.54, 1.807) is 0 Å². The molecule has 104 valence electrons. The molecule has 6 N–H and O–H groups in total. The second kappa shape index (κ2) is 6.59. The van der Waals surface area contributed by atoms with Crippen molar-refractivity contribution < 1.29 is 15.0 Å². The molecule has 1 rings (SSSR count). The fourth-order valence-corrected chi connectivity index (χ4v) is 1.48. The molecule has 1 atom stereocenters. The molecule has 9 nitrogen and oxygen atoms in total. The zero-order valence-corrected chi connectivity index (χ0v) is 10.1. The van der Waals surface area contributed by atoms with E-state index in [1.165, 1.54) is 0 Å². The van der Waals surface area contributed by atoms with Gasteiger partial charge in [0.05, 0.1) is 0 Å². The van der Waals surface area contributed by atoms with E-state index < -0.39 is 17.9 Å². The van der Waals surface area contributed by atoms with Crippen LogP contribution in [0.1, 0.15) is 25.1 Å². The molecule has 0 aliphatic carbocycles. The van der Waals surface area contributed by atoms with E-state index in [-0.39, 0.29) is 17.3 Å². The van der Waals surface area contributed by atoms with Crippen LogP contribution in [-0.4, -0.2) is 32.2 Å². The third kappa shape index (κ3) is 4.14. The number of unbranched alkanes of at least 4 members (excludes halogenated alkanes) is 1. The van der Waals surface area contributed by atoms with Gasteiger partial charge in [-0.15, -0.1) is 4.91 Å². The Morgan fingerprint density at radius 3 is 2.58 bits per heavy atom. The Kier molecular flexibility index (Phi) is 5.12. The summed E-state index contributed by atoms with van der Waals surface area (Å²) in [4.78, 5) is 28.3. The molecule has 0 fully saturated rings. The SMILES string of the molecule is Nc1nc(CCCCC(N)C(=O)O)nc(O)c1N=O. The Hall–Kier alpha value is -2.29. The smallest absolute Gasteiger partial charge is 0.320 e. The van der Waals surface area contributed by atoms with E-state index in [9.17, 15) is 14.8 Å². The first-order valence-electron chi connectivity index (χ1n) is 5.62. The molecule has 1 unspecified atom stereocenters. The highest BCUT2D eigenvalue weighted by atomic mass is 16.4. The molecule has 1 aromatic heterocycles. The van der Waals surface area contributed by atoms with Gasteiger partial charge in [0.15, 0.2) is 5.82 Å². The normalized spacial score (nSPS) is 12.1. The zero-order chi connectivity index (χ0) is 14.4. The summed E-state index contributed by atoms with van der Waals surface area (Å²) < 4.78 is 0. The molecule has 0 saturated heterocycles. The van der Waals surface area contributed by atoms with Gasteiger partial charge in [0.1, 0.15) is 11.9 Å². The molecule has 19 heavy (non-hydrogen) atoms. The van der Waals surface area contributed by atoms with Gasteiger partial charge in [0.2, 0.25) is 11.6 Å². The number of aromatic hydroxyl groups is 1. The van der Waals surface area contributed by atoms with Crippen molar-refractivity contribution in [3.05, 3.63) is 10.7 Å². The lowest BCUT2D eigenvalue weighted by Crippen LogP contribution is -2.29. The van der Waals surface area contributed by atoms with Crippen molar-refractivity contribution in [2.45, 2.75) is 31.7 Å². The Labute approximate surface area is 108 Å². The molecule has 0 amide bonds. The van der Waals surface area contributed by atoms with Crippen LogP contribution in [0.15, 0.2) is 5.18 Å². The second-order valence-electron chi connectivity index (χ2n) is 3.98. The van der Waals surface area contributed by atoms with Crippen LogP contribution in [0.25, 0.3) is 0 Å². The molecule has 0 bridgehead atoms. The van der Waals surface area contributed by atoms with Gasteiger partial charge >= 0.3 is 5.97 Å². The van der Waals surface area contributed by atoms with Gasteiger partial charge in [0.25, 0.3) is 0 Å². The van der Waals surface area contributed by atoms with Crippen molar-refractivity contribution in [1.82, 2.24) is 9.97 Å². The van der Waals surface area contributed by atoms with Gasteiger partial charge in [-0.05, 0) is 18.0 Å². The standard InChI is InChI=1S/C10H15N5O4/c11-5(10(17)18)3-1-2-4-6-13-8(12)7(15-19)9(16)14-6/h5H,1-4,11H2,(H,17,18)(H3,12,13,14,16). The Morgan fingerprint density at radius 2 is 2.05 bits per heavy atom. The lowest BCUT2D eigenvalue weighted by atomic mass is 10.1. The molecule has 0 radical (unpaired) electrons. The maximum absolute atomic E-state index is 10.5. The molecule has 0 aliphatic rings. The number of nitrogen functional groups attached to an aromatic ring is 1. The molecule has 1 aromatic rings. The minimum Gasteiger partial charge on any atom is -0.492 e. The first kappa shape index (κ1) is 14.8. The third-order valence-corrected chi connectivity index (χ3v) is 2.51. The van der Waals surface area contributed by atoms with Crippen LogP contribution in [-0.2, 0) is 11.2 Å². The van der Waals surface area contributed by atoms with Gasteiger partial charge in [-0.2, -0.15) is 4.98 Å². The van der Waals surface area contributed by atoms with Crippen LogP contribution >= 0.6 is 0 Å². The van der Waals surface area contributed by atoms with Gasteiger partial charge in [-0.1, -0.05) is 6.42 Å². The molecule has 0 aromatic carbocycles. The average molecular weight is 269 g/mol. The van der Waals surface area contributed by atoms with E-state index in [1.807, 2.05) is 0 Å². The van der Waals surface area contributed by atoms with Crippen LogP contribution in [0.5, 0.6) is 5.88 Å². The number of carboxylic acids is 1. The van der Waals surface area contributed by atoms with Crippen LogP contribution in [0.2, 0.25) is 0 Å². The molecule has 0 spiro atoms. The van der Waals surface area contributed by atoms with E-state index in [0.717, 1.165) is 0 Å². The predicted molar refractivity (Wildman–Crippen MR) is 66.7 cm³/mol. The number of carboxylic acid groups (broad SMARTS) is 1. The molecule has 9 heteroatoms. The number of hydrogen-bond acceptors (Lipinski definition) is 8. The predicted octanol–water partition coefficient (Wildman–Crippen LogP) is 0.287. The monoisotopic (exact) mass is 269 g/mol. The third-order valence-electron chi connectivity index (χ3n) is 2.51. The number of aromatic nitrogens is 2. The van der Waals surface area contributed by atoms with E-state index in [0.29, 0.717) is 25.7 Å². The molecular formula is C10H15N5O4. The van der Waals surface area contributed by atoms with Crippen LogP contribution < -0.4 is 11.5 Å².